The summed E-state index contributed by atoms with van der Waals surface area (Å²) in [6.07, 6.45) is 1.29. The van der Waals surface area contributed by atoms with Crippen molar-refractivity contribution in [1.29, 1.82) is 0 Å². The van der Waals surface area contributed by atoms with Crippen LogP contribution in [0.1, 0.15) is 55.6 Å². The van der Waals surface area contributed by atoms with Crippen LogP contribution in [0, 0.1) is 0 Å². The van der Waals surface area contributed by atoms with Crippen molar-refractivity contribution < 1.29 is 24.2 Å². The molecule has 6 nitrogen and oxygen atoms in total. The van der Waals surface area contributed by atoms with Crippen molar-refractivity contribution in [2.75, 3.05) is 13.7 Å². The number of amides is 1. The van der Waals surface area contributed by atoms with Gasteiger partial charge in [-0.2, -0.15) is 0 Å². The van der Waals surface area contributed by atoms with E-state index >= 15 is 0 Å². The first-order chi connectivity index (χ1) is 10.7. The minimum Gasteiger partial charge on any atom is -0.507 e. The summed E-state index contributed by atoms with van der Waals surface area (Å²) < 4.78 is 10.0. The normalized spacial score (nSPS) is 17.9. The summed E-state index contributed by atoms with van der Waals surface area (Å²) >= 11 is 0. The number of methoxy groups -OCH3 is 1. The molecule has 1 fully saturated rings. The van der Waals surface area contributed by atoms with Crippen molar-refractivity contribution >= 4 is 12.1 Å². The lowest BCUT2D eigenvalue weighted by molar-refractivity contribution is 0.0224. The fraction of sp³-hybridized carbons (Fsp3) is 0.529. The highest BCUT2D eigenvalue weighted by Crippen LogP contribution is 2.35. The van der Waals surface area contributed by atoms with Crippen LogP contribution in [0.3, 0.4) is 0 Å². The molecule has 1 amide bonds. The molecule has 2 rings (SSSR count). The van der Waals surface area contributed by atoms with Crippen LogP contribution < -0.4 is 0 Å². The highest BCUT2D eigenvalue weighted by molar-refractivity contribution is 5.92. The van der Waals surface area contributed by atoms with E-state index in [1.807, 2.05) is 20.8 Å². The lowest BCUT2D eigenvalue weighted by atomic mass is 10.0. The number of phenols is 1. The third-order valence-corrected chi connectivity index (χ3v) is 3.69. The number of hydrogen-bond acceptors (Lipinski definition) is 5. The minimum absolute atomic E-state index is 0.109. The lowest BCUT2D eigenvalue weighted by Crippen LogP contribution is -2.36. The maximum atomic E-state index is 12.3. The summed E-state index contributed by atoms with van der Waals surface area (Å²) in [6.45, 7) is 6.09. The van der Waals surface area contributed by atoms with E-state index in [1.165, 1.54) is 19.2 Å². The molecule has 1 aromatic rings. The number of nitrogens with zero attached hydrogens (tertiary/aromatic N) is 1. The number of likely N-dealkylation sites (tertiary alicyclic amines) is 1. The molecule has 6 heteroatoms. The van der Waals surface area contributed by atoms with Crippen LogP contribution in [0.25, 0.3) is 0 Å². The maximum Gasteiger partial charge on any atom is 0.410 e. The predicted molar refractivity (Wildman–Crippen MR) is 84.4 cm³/mol. The van der Waals surface area contributed by atoms with Gasteiger partial charge < -0.3 is 19.5 Å². The van der Waals surface area contributed by atoms with Gasteiger partial charge in [0.05, 0.1) is 13.2 Å². The predicted octanol–water partition coefficient (Wildman–Crippen LogP) is 3.25. The molecule has 1 aliphatic rings. The molecule has 23 heavy (non-hydrogen) atoms. The zero-order valence-corrected chi connectivity index (χ0v) is 14.0. The highest BCUT2D eigenvalue weighted by atomic mass is 16.6. The molecule has 1 unspecified atom stereocenters. The number of aromatic hydroxyl groups is 1. The first-order valence-corrected chi connectivity index (χ1v) is 7.64. The van der Waals surface area contributed by atoms with Crippen molar-refractivity contribution in [3.63, 3.8) is 0 Å². The minimum atomic E-state index is -0.593. The summed E-state index contributed by atoms with van der Waals surface area (Å²) in [7, 11) is 1.26. The van der Waals surface area contributed by atoms with Crippen LogP contribution >= 0.6 is 0 Å². The van der Waals surface area contributed by atoms with E-state index in [-0.39, 0.29) is 23.4 Å². The maximum absolute atomic E-state index is 12.3. The topological polar surface area (TPSA) is 76.1 Å². The monoisotopic (exact) mass is 321 g/mol. The zero-order valence-electron chi connectivity index (χ0n) is 14.0. The lowest BCUT2D eigenvalue weighted by Gasteiger charge is -2.29. The fourth-order valence-electron chi connectivity index (χ4n) is 2.69. The van der Waals surface area contributed by atoms with Gasteiger partial charge in [0.2, 0.25) is 0 Å². The number of esters is 1. The van der Waals surface area contributed by atoms with Crippen LogP contribution in [0.4, 0.5) is 4.79 Å². The average Bonchev–Trinajstić information content (AvgIpc) is 2.94. The molecule has 0 bridgehead atoms. The Labute approximate surface area is 136 Å². The standard InChI is InChI=1S/C17H23NO5/c1-17(2,3)23-16(21)18-9-5-6-13(18)11-7-8-12(14(19)10-11)15(20)22-4/h7-8,10,13,19H,5-6,9H2,1-4H3. The molecule has 1 saturated heterocycles. The molecule has 1 N–H and O–H groups in total. The van der Waals surface area contributed by atoms with Gasteiger partial charge in [0, 0.05) is 6.54 Å². The number of benzene rings is 1. The Hall–Kier alpha value is -2.24. The largest absolute Gasteiger partial charge is 0.507 e. The molecular weight excluding hydrogens is 298 g/mol. The average molecular weight is 321 g/mol. The van der Waals surface area contributed by atoms with Gasteiger partial charge >= 0.3 is 12.1 Å². The van der Waals surface area contributed by atoms with E-state index in [2.05, 4.69) is 4.74 Å². The SMILES string of the molecule is COC(=O)c1ccc(C2CCCN2C(=O)OC(C)(C)C)cc1O. The van der Waals surface area contributed by atoms with E-state index in [9.17, 15) is 14.7 Å². The third-order valence-electron chi connectivity index (χ3n) is 3.69. The van der Waals surface area contributed by atoms with Gasteiger partial charge in [-0.1, -0.05) is 6.07 Å². The van der Waals surface area contributed by atoms with Gasteiger partial charge in [0.1, 0.15) is 16.9 Å². The van der Waals surface area contributed by atoms with Crippen LogP contribution in [0.5, 0.6) is 5.75 Å². The molecule has 0 spiro atoms. The summed E-state index contributed by atoms with van der Waals surface area (Å²) in [4.78, 5) is 25.5. The Balaban J connectivity index is 2.21. The molecule has 0 saturated carbocycles. The molecule has 1 aliphatic heterocycles. The van der Waals surface area contributed by atoms with Gasteiger partial charge in [-0.15, -0.1) is 0 Å². The van der Waals surface area contributed by atoms with E-state index < -0.39 is 11.6 Å². The Kier molecular flexibility index (Phi) is 4.82. The number of carbonyl (C=O) groups excluding carboxylic acids is 2. The number of phenolic OH excluding ortho intramolecular Hbond substituents is 1. The van der Waals surface area contributed by atoms with Gasteiger partial charge in [-0.25, -0.2) is 9.59 Å². The number of hydrogen-bond donors (Lipinski definition) is 1. The van der Waals surface area contributed by atoms with Crippen molar-refractivity contribution in [3.05, 3.63) is 29.3 Å². The quantitative estimate of drug-likeness (QED) is 0.846. The van der Waals surface area contributed by atoms with Crippen LogP contribution in [0.2, 0.25) is 0 Å². The molecule has 1 heterocycles. The first-order valence-electron chi connectivity index (χ1n) is 7.64. The molecule has 0 aliphatic carbocycles. The van der Waals surface area contributed by atoms with Crippen LogP contribution in [0.15, 0.2) is 18.2 Å². The van der Waals surface area contributed by atoms with Crippen molar-refractivity contribution in [1.82, 2.24) is 4.90 Å². The smallest absolute Gasteiger partial charge is 0.410 e. The number of carbonyl (C=O) groups is 2. The zero-order chi connectivity index (χ0) is 17.2. The van der Waals surface area contributed by atoms with Gasteiger partial charge in [-0.05, 0) is 51.3 Å². The van der Waals surface area contributed by atoms with Crippen LogP contribution in [-0.2, 0) is 9.47 Å². The summed E-state index contributed by atoms with van der Waals surface area (Å²) in [5.41, 5.74) is 0.331. The van der Waals surface area contributed by atoms with E-state index in [1.54, 1.807) is 11.0 Å². The van der Waals surface area contributed by atoms with Gasteiger partial charge in [0.25, 0.3) is 0 Å². The van der Waals surface area contributed by atoms with Gasteiger partial charge in [-0.3, -0.25) is 0 Å². The fourth-order valence-corrected chi connectivity index (χ4v) is 2.69. The Morgan fingerprint density at radius 3 is 2.57 bits per heavy atom. The molecule has 1 atom stereocenters. The summed E-state index contributed by atoms with van der Waals surface area (Å²) in [5.74, 6) is -0.741. The third kappa shape index (κ3) is 3.94. The second-order valence-corrected chi connectivity index (χ2v) is 6.60. The van der Waals surface area contributed by atoms with E-state index in [0.29, 0.717) is 6.54 Å². The number of rotatable bonds is 2. The highest BCUT2D eigenvalue weighted by Gasteiger charge is 2.33. The second kappa shape index (κ2) is 6.48. The molecule has 0 aromatic heterocycles. The van der Waals surface area contributed by atoms with Gasteiger partial charge in [0.15, 0.2) is 0 Å². The van der Waals surface area contributed by atoms with Crippen molar-refractivity contribution in [3.8, 4) is 5.75 Å². The second-order valence-electron chi connectivity index (χ2n) is 6.60. The number of ether oxygens (including phenoxy) is 2. The first kappa shape index (κ1) is 17.1. The molecule has 0 radical (unpaired) electrons. The Morgan fingerprint density at radius 2 is 2.00 bits per heavy atom. The van der Waals surface area contributed by atoms with Crippen molar-refractivity contribution in [2.24, 2.45) is 0 Å². The van der Waals surface area contributed by atoms with Crippen LogP contribution in [-0.4, -0.2) is 41.3 Å². The summed E-state index contributed by atoms with van der Waals surface area (Å²) in [5, 5.41) is 10.0. The molecular formula is C17H23NO5. The Bertz CT molecular complexity index is 605. The Morgan fingerprint density at radius 1 is 1.30 bits per heavy atom. The van der Waals surface area contributed by atoms with E-state index in [4.69, 9.17) is 4.74 Å². The summed E-state index contributed by atoms with van der Waals surface area (Å²) in [6, 6.07) is 4.60. The van der Waals surface area contributed by atoms with Crippen molar-refractivity contribution in [2.45, 2.75) is 45.3 Å². The molecule has 126 valence electrons. The molecule has 1 aromatic carbocycles. The van der Waals surface area contributed by atoms with E-state index in [0.717, 1.165) is 18.4 Å².